The van der Waals surface area contributed by atoms with Crippen molar-refractivity contribution < 1.29 is 17.9 Å². The maximum absolute atomic E-state index is 11.6. The fourth-order valence-electron chi connectivity index (χ4n) is 3.72. The average molecular weight is 427 g/mol. The first kappa shape index (κ1) is 20.8. The number of β-amino-alcohol motifs (C(OH)–C–C–N with tert-alkyl or cyclic N) is 1. The van der Waals surface area contributed by atoms with E-state index in [1.165, 1.54) is 6.26 Å². The van der Waals surface area contributed by atoms with E-state index < -0.39 is 9.84 Å². The van der Waals surface area contributed by atoms with Crippen LogP contribution in [0.2, 0.25) is 0 Å². The van der Waals surface area contributed by atoms with Crippen LogP contribution in [0.4, 0.5) is 0 Å². The molecule has 1 saturated heterocycles. The van der Waals surface area contributed by atoms with Crippen molar-refractivity contribution in [2.45, 2.75) is 30.3 Å². The molecular formula is C23H26N2O4S. The van der Waals surface area contributed by atoms with Crippen molar-refractivity contribution in [1.82, 2.24) is 9.88 Å². The summed E-state index contributed by atoms with van der Waals surface area (Å²) in [5.74, 6) is 0.691. The van der Waals surface area contributed by atoms with Crippen molar-refractivity contribution >= 4 is 9.84 Å². The van der Waals surface area contributed by atoms with Gasteiger partial charge in [0.25, 0.3) is 0 Å². The van der Waals surface area contributed by atoms with Gasteiger partial charge in [-0.1, -0.05) is 36.4 Å². The van der Waals surface area contributed by atoms with Crippen LogP contribution in [0.3, 0.4) is 0 Å². The summed E-state index contributed by atoms with van der Waals surface area (Å²) in [6.07, 6.45) is 5.02. The van der Waals surface area contributed by atoms with E-state index in [0.717, 1.165) is 54.9 Å². The predicted molar refractivity (Wildman–Crippen MR) is 115 cm³/mol. The van der Waals surface area contributed by atoms with Crippen molar-refractivity contribution in [3.8, 4) is 11.1 Å². The molecule has 0 saturated carbocycles. The molecule has 1 N–H and O–H groups in total. The Morgan fingerprint density at radius 1 is 1.10 bits per heavy atom. The molecule has 1 aromatic heterocycles. The van der Waals surface area contributed by atoms with Gasteiger partial charge in [-0.05, 0) is 35.2 Å². The van der Waals surface area contributed by atoms with Crippen molar-refractivity contribution in [2.75, 3.05) is 25.9 Å². The summed E-state index contributed by atoms with van der Waals surface area (Å²) >= 11 is 0. The molecule has 30 heavy (non-hydrogen) atoms. The molecule has 1 aliphatic heterocycles. The summed E-state index contributed by atoms with van der Waals surface area (Å²) in [6, 6.07) is 15.0. The van der Waals surface area contributed by atoms with E-state index in [9.17, 15) is 13.5 Å². The number of hydrogen-bond donors (Lipinski definition) is 1. The first-order chi connectivity index (χ1) is 14.4. The Labute approximate surface area is 177 Å². The number of nitrogens with zero attached hydrogens (tertiary/aromatic N) is 2. The molecule has 158 valence electrons. The average Bonchev–Trinajstić information content (AvgIpc) is 3.35. The number of oxazole rings is 1. The number of aliphatic hydroxyl groups excluding tert-OH is 1. The summed E-state index contributed by atoms with van der Waals surface area (Å²) in [7, 11) is -3.18. The monoisotopic (exact) mass is 426 g/mol. The standard InChI is InChI=1S/C23H26N2O4S/c1-30(27,28)22-8-6-19(7-9-22)18-4-2-17(3-5-18)14-23-24-20(16-29-23)10-12-25-13-11-21(26)15-25/h2-9,16,21,26H,10-15H2,1H3/t21-/m1/s1. The van der Waals surface area contributed by atoms with Gasteiger partial charge >= 0.3 is 0 Å². The Hall–Kier alpha value is -2.48. The van der Waals surface area contributed by atoms with Crippen molar-refractivity contribution in [3.05, 3.63) is 71.9 Å². The van der Waals surface area contributed by atoms with Gasteiger partial charge < -0.3 is 14.4 Å². The third-order valence-corrected chi connectivity index (χ3v) is 6.58. The number of sulfone groups is 1. The lowest BCUT2D eigenvalue weighted by molar-refractivity contribution is 0.176. The summed E-state index contributed by atoms with van der Waals surface area (Å²) in [6.45, 7) is 2.57. The van der Waals surface area contributed by atoms with Gasteiger partial charge in [-0.25, -0.2) is 13.4 Å². The molecule has 0 radical (unpaired) electrons. The van der Waals surface area contributed by atoms with Crippen LogP contribution in [0.15, 0.2) is 64.1 Å². The number of benzene rings is 2. The Balaban J connectivity index is 1.35. The topological polar surface area (TPSA) is 83.6 Å². The SMILES string of the molecule is CS(=O)(=O)c1ccc(-c2ccc(Cc3nc(CCN4CC[C@@H](O)C4)co3)cc2)cc1. The summed E-state index contributed by atoms with van der Waals surface area (Å²) < 4.78 is 28.8. The molecule has 0 bridgehead atoms. The Morgan fingerprint density at radius 2 is 1.77 bits per heavy atom. The smallest absolute Gasteiger partial charge is 0.198 e. The van der Waals surface area contributed by atoms with Crippen LogP contribution in [0.25, 0.3) is 11.1 Å². The second-order valence-electron chi connectivity index (χ2n) is 7.90. The maximum Gasteiger partial charge on any atom is 0.198 e. The third-order valence-electron chi connectivity index (χ3n) is 5.46. The fraction of sp³-hybridized carbons (Fsp3) is 0.348. The van der Waals surface area contributed by atoms with Crippen LogP contribution in [0, 0.1) is 0 Å². The van der Waals surface area contributed by atoms with Crippen LogP contribution in [-0.4, -0.2) is 55.4 Å². The van der Waals surface area contributed by atoms with Gasteiger partial charge in [0.05, 0.1) is 16.7 Å². The van der Waals surface area contributed by atoms with Crippen molar-refractivity contribution in [1.29, 1.82) is 0 Å². The van der Waals surface area contributed by atoms with Gasteiger partial charge in [0.2, 0.25) is 0 Å². The highest BCUT2D eigenvalue weighted by Gasteiger charge is 2.20. The first-order valence-electron chi connectivity index (χ1n) is 10.1. The highest BCUT2D eigenvalue weighted by atomic mass is 32.2. The highest BCUT2D eigenvalue weighted by molar-refractivity contribution is 7.90. The van der Waals surface area contributed by atoms with E-state index in [4.69, 9.17) is 4.42 Å². The maximum atomic E-state index is 11.6. The second-order valence-corrected chi connectivity index (χ2v) is 9.91. The Kier molecular flexibility index (Phi) is 6.04. The Morgan fingerprint density at radius 3 is 2.37 bits per heavy atom. The van der Waals surface area contributed by atoms with Gasteiger partial charge in [0.1, 0.15) is 6.26 Å². The molecule has 4 rings (SSSR count). The van der Waals surface area contributed by atoms with Crippen molar-refractivity contribution in [2.24, 2.45) is 0 Å². The zero-order chi connectivity index (χ0) is 21.1. The van der Waals surface area contributed by atoms with Gasteiger partial charge in [0.15, 0.2) is 15.7 Å². The van der Waals surface area contributed by atoms with E-state index in [1.54, 1.807) is 18.4 Å². The van der Waals surface area contributed by atoms with Gasteiger partial charge in [0, 0.05) is 38.7 Å². The van der Waals surface area contributed by atoms with E-state index in [1.807, 2.05) is 36.4 Å². The normalized spacial score (nSPS) is 17.5. The lowest BCUT2D eigenvalue weighted by atomic mass is 10.0. The lowest BCUT2D eigenvalue weighted by Gasteiger charge is -2.12. The molecule has 0 spiro atoms. The Bertz CT molecular complexity index is 1090. The van der Waals surface area contributed by atoms with E-state index in [0.29, 0.717) is 17.2 Å². The molecule has 0 unspecified atom stereocenters. The van der Waals surface area contributed by atoms with E-state index in [-0.39, 0.29) is 6.10 Å². The lowest BCUT2D eigenvalue weighted by Crippen LogP contribution is -2.24. The minimum absolute atomic E-state index is 0.196. The van der Waals surface area contributed by atoms with Crippen LogP contribution in [-0.2, 0) is 22.7 Å². The molecule has 2 heterocycles. The largest absolute Gasteiger partial charge is 0.448 e. The number of hydrogen-bond acceptors (Lipinski definition) is 6. The van der Waals surface area contributed by atoms with Gasteiger partial charge in [-0.15, -0.1) is 0 Å². The number of rotatable bonds is 7. The van der Waals surface area contributed by atoms with E-state index >= 15 is 0 Å². The molecule has 1 fully saturated rings. The minimum Gasteiger partial charge on any atom is -0.448 e. The molecular weight excluding hydrogens is 400 g/mol. The summed E-state index contributed by atoms with van der Waals surface area (Å²) in [4.78, 5) is 7.16. The first-order valence-corrected chi connectivity index (χ1v) is 12.0. The number of aromatic nitrogens is 1. The van der Waals surface area contributed by atoms with Gasteiger partial charge in [-0.2, -0.15) is 0 Å². The third kappa shape index (κ3) is 5.16. The minimum atomic E-state index is -3.18. The molecule has 1 atom stereocenters. The molecule has 0 amide bonds. The number of likely N-dealkylation sites (tertiary alicyclic amines) is 1. The van der Waals surface area contributed by atoms with Crippen LogP contribution in [0.5, 0.6) is 0 Å². The second kappa shape index (κ2) is 8.71. The summed E-state index contributed by atoms with van der Waals surface area (Å²) in [5, 5.41) is 9.60. The fourth-order valence-corrected chi connectivity index (χ4v) is 4.35. The molecule has 2 aromatic carbocycles. The molecule has 1 aliphatic rings. The van der Waals surface area contributed by atoms with E-state index in [2.05, 4.69) is 9.88 Å². The molecule has 0 aliphatic carbocycles. The molecule has 3 aromatic rings. The van der Waals surface area contributed by atoms with Gasteiger partial charge in [-0.3, -0.25) is 0 Å². The zero-order valence-corrected chi connectivity index (χ0v) is 17.8. The van der Waals surface area contributed by atoms with Crippen LogP contribution < -0.4 is 0 Å². The van der Waals surface area contributed by atoms with Crippen LogP contribution in [0.1, 0.15) is 23.6 Å². The molecule has 7 heteroatoms. The highest BCUT2D eigenvalue weighted by Crippen LogP contribution is 2.23. The van der Waals surface area contributed by atoms with Crippen molar-refractivity contribution in [3.63, 3.8) is 0 Å². The quantitative estimate of drug-likeness (QED) is 0.625. The molecule has 6 nitrogen and oxygen atoms in total. The summed E-state index contributed by atoms with van der Waals surface area (Å²) in [5.41, 5.74) is 4.04. The van der Waals surface area contributed by atoms with Crippen LogP contribution >= 0.6 is 0 Å². The predicted octanol–water partition coefficient (Wildman–Crippen LogP) is 2.95. The number of aliphatic hydroxyl groups is 1. The zero-order valence-electron chi connectivity index (χ0n) is 17.0.